The second-order valence-corrected chi connectivity index (χ2v) is 5.47. The summed E-state index contributed by atoms with van der Waals surface area (Å²) >= 11 is 1.70. The zero-order valence-electron chi connectivity index (χ0n) is 9.63. The molecular weight excluding hydrogens is 234 g/mol. The van der Waals surface area contributed by atoms with Crippen molar-refractivity contribution >= 4 is 17.7 Å². The van der Waals surface area contributed by atoms with Crippen LogP contribution in [0.4, 0.5) is 0 Å². The van der Waals surface area contributed by atoms with Crippen molar-refractivity contribution in [3.8, 4) is 0 Å². The molecule has 2 rings (SSSR count). The molecule has 0 bridgehead atoms. The number of thioether (sulfide) groups is 1. The van der Waals surface area contributed by atoms with Crippen LogP contribution in [0.5, 0.6) is 0 Å². The van der Waals surface area contributed by atoms with Gasteiger partial charge >= 0.3 is 0 Å². The van der Waals surface area contributed by atoms with Gasteiger partial charge in [-0.25, -0.2) is 0 Å². The van der Waals surface area contributed by atoms with E-state index in [0.717, 1.165) is 24.2 Å². The van der Waals surface area contributed by atoms with Gasteiger partial charge in [-0.2, -0.15) is 0 Å². The van der Waals surface area contributed by atoms with Crippen LogP contribution in [0.1, 0.15) is 24.4 Å². The average molecular weight is 251 g/mol. The van der Waals surface area contributed by atoms with E-state index in [1.807, 2.05) is 30.3 Å². The van der Waals surface area contributed by atoms with Crippen molar-refractivity contribution in [3.63, 3.8) is 0 Å². The molecule has 4 heteroatoms. The van der Waals surface area contributed by atoms with Gasteiger partial charge < -0.3 is 10.4 Å². The normalized spacial score (nSPS) is 21.1. The lowest BCUT2D eigenvalue weighted by molar-refractivity contribution is -0.121. The monoisotopic (exact) mass is 251 g/mol. The predicted octanol–water partition coefficient (Wildman–Crippen LogP) is 1.73. The number of carbonyl (C=O) groups is 1. The van der Waals surface area contributed by atoms with Crippen molar-refractivity contribution < 1.29 is 9.90 Å². The highest BCUT2D eigenvalue weighted by Gasteiger charge is 2.25. The van der Waals surface area contributed by atoms with E-state index in [-0.39, 0.29) is 23.8 Å². The summed E-state index contributed by atoms with van der Waals surface area (Å²) in [5, 5.41) is 12.3. The zero-order chi connectivity index (χ0) is 12.1. The Morgan fingerprint density at radius 3 is 2.82 bits per heavy atom. The summed E-state index contributed by atoms with van der Waals surface area (Å²) in [6.45, 7) is -0.0624. The fourth-order valence-electron chi connectivity index (χ4n) is 1.97. The molecular formula is C13H17NO2S. The van der Waals surface area contributed by atoms with Crippen molar-refractivity contribution in [2.24, 2.45) is 0 Å². The molecule has 0 saturated carbocycles. The van der Waals surface area contributed by atoms with Crippen LogP contribution in [-0.2, 0) is 4.79 Å². The third-order valence-corrected chi connectivity index (χ3v) is 4.30. The van der Waals surface area contributed by atoms with Gasteiger partial charge in [0.2, 0.25) is 5.91 Å². The SMILES string of the molecule is O=C(N[C@H](CO)c1ccccc1)C1CCCS1. The minimum atomic E-state index is -0.287. The topological polar surface area (TPSA) is 49.3 Å². The number of hydrogen-bond acceptors (Lipinski definition) is 3. The molecule has 0 aliphatic carbocycles. The highest BCUT2D eigenvalue weighted by atomic mass is 32.2. The highest BCUT2D eigenvalue weighted by Crippen LogP contribution is 2.26. The molecule has 2 N–H and O–H groups in total. The lowest BCUT2D eigenvalue weighted by Crippen LogP contribution is -2.36. The minimum absolute atomic E-state index is 0.0513. The van der Waals surface area contributed by atoms with Gasteiger partial charge in [0.05, 0.1) is 17.9 Å². The first-order valence-electron chi connectivity index (χ1n) is 5.89. The molecule has 1 aliphatic rings. The Bertz CT molecular complexity index is 363. The van der Waals surface area contributed by atoms with Crippen LogP contribution in [0.15, 0.2) is 30.3 Å². The standard InChI is InChI=1S/C13H17NO2S/c15-9-11(10-5-2-1-3-6-10)14-13(16)12-7-4-8-17-12/h1-3,5-6,11-12,15H,4,7-9H2,(H,14,16)/t11-,12?/m1/s1. The van der Waals surface area contributed by atoms with Crippen molar-refractivity contribution in [1.82, 2.24) is 5.32 Å². The van der Waals surface area contributed by atoms with Crippen LogP contribution in [0, 0.1) is 0 Å². The van der Waals surface area contributed by atoms with Gasteiger partial charge in [-0.05, 0) is 24.2 Å². The molecule has 1 fully saturated rings. The van der Waals surface area contributed by atoms with Gasteiger partial charge in [-0.3, -0.25) is 4.79 Å². The fourth-order valence-corrected chi connectivity index (χ4v) is 3.14. The van der Waals surface area contributed by atoms with E-state index in [1.165, 1.54) is 0 Å². The first-order chi connectivity index (χ1) is 8.31. The summed E-state index contributed by atoms with van der Waals surface area (Å²) in [5.74, 6) is 1.11. The third-order valence-electron chi connectivity index (χ3n) is 2.92. The molecule has 3 nitrogen and oxygen atoms in total. The fraction of sp³-hybridized carbons (Fsp3) is 0.462. The molecule has 1 unspecified atom stereocenters. The van der Waals surface area contributed by atoms with Crippen LogP contribution >= 0.6 is 11.8 Å². The number of amides is 1. The Morgan fingerprint density at radius 1 is 1.47 bits per heavy atom. The molecule has 0 spiro atoms. The molecule has 1 saturated heterocycles. The van der Waals surface area contributed by atoms with Crippen LogP contribution in [0.25, 0.3) is 0 Å². The minimum Gasteiger partial charge on any atom is -0.394 e. The maximum Gasteiger partial charge on any atom is 0.233 e. The second-order valence-electron chi connectivity index (χ2n) is 4.16. The van der Waals surface area contributed by atoms with E-state index in [4.69, 9.17) is 0 Å². The Balaban J connectivity index is 1.97. The summed E-state index contributed by atoms with van der Waals surface area (Å²) in [7, 11) is 0. The van der Waals surface area contributed by atoms with E-state index in [2.05, 4.69) is 5.32 Å². The lowest BCUT2D eigenvalue weighted by Gasteiger charge is -2.18. The molecule has 0 aromatic heterocycles. The molecule has 17 heavy (non-hydrogen) atoms. The van der Waals surface area contributed by atoms with Gasteiger partial charge in [0.25, 0.3) is 0 Å². The molecule has 0 radical (unpaired) electrons. The van der Waals surface area contributed by atoms with Crippen molar-refractivity contribution in [2.45, 2.75) is 24.1 Å². The summed E-state index contributed by atoms with van der Waals surface area (Å²) in [6, 6.07) is 9.30. The van der Waals surface area contributed by atoms with Crippen molar-refractivity contribution in [3.05, 3.63) is 35.9 Å². The van der Waals surface area contributed by atoms with E-state index in [9.17, 15) is 9.90 Å². The number of rotatable bonds is 4. The number of nitrogens with one attached hydrogen (secondary N) is 1. The Morgan fingerprint density at radius 2 is 2.24 bits per heavy atom. The maximum atomic E-state index is 11.9. The first-order valence-corrected chi connectivity index (χ1v) is 6.94. The number of carbonyl (C=O) groups excluding carboxylic acids is 1. The molecule has 1 aliphatic heterocycles. The van der Waals surface area contributed by atoms with E-state index < -0.39 is 0 Å². The van der Waals surface area contributed by atoms with E-state index in [1.54, 1.807) is 11.8 Å². The summed E-state index contributed by atoms with van der Waals surface area (Å²) < 4.78 is 0. The van der Waals surface area contributed by atoms with Gasteiger partial charge in [0.15, 0.2) is 0 Å². The number of aliphatic hydroxyl groups excluding tert-OH is 1. The average Bonchev–Trinajstić information content (AvgIpc) is 2.90. The Labute approximate surface area is 106 Å². The van der Waals surface area contributed by atoms with Crippen LogP contribution in [0.2, 0.25) is 0 Å². The van der Waals surface area contributed by atoms with Gasteiger partial charge in [0, 0.05) is 0 Å². The third kappa shape index (κ3) is 3.23. The van der Waals surface area contributed by atoms with Crippen molar-refractivity contribution in [1.29, 1.82) is 0 Å². The van der Waals surface area contributed by atoms with E-state index >= 15 is 0 Å². The summed E-state index contributed by atoms with van der Waals surface area (Å²) in [6.07, 6.45) is 2.06. The van der Waals surface area contributed by atoms with Crippen LogP contribution in [-0.4, -0.2) is 28.6 Å². The van der Waals surface area contributed by atoms with Crippen molar-refractivity contribution in [2.75, 3.05) is 12.4 Å². The highest BCUT2D eigenvalue weighted by molar-refractivity contribution is 8.00. The van der Waals surface area contributed by atoms with E-state index in [0.29, 0.717) is 0 Å². The van der Waals surface area contributed by atoms with Gasteiger partial charge in [0.1, 0.15) is 0 Å². The summed E-state index contributed by atoms with van der Waals surface area (Å²) in [4.78, 5) is 11.9. The molecule has 2 atom stereocenters. The smallest absolute Gasteiger partial charge is 0.233 e. The first kappa shape index (κ1) is 12.5. The van der Waals surface area contributed by atoms with Gasteiger partial charge in [-0.1, -0.05) is 30.3 Å². The molecule has 1 aromatic rings. The maximum absolute atomic E-state index is 11.9. The molecule has 92 valence electrons. The lowest BCUT2D eigenvalue weighted by atomic mass is 10.1. The Kier molecular flexibility index (Phi) is 4.45. The van der Waals surface area contributed by atoms with Crippen LogP contribution in [0.3, 0.4) is 0 Å². The summed E-state index contributed by atoms with van der Waals surface area (Å²) in [5.41, 5.74) is 0.950. The largest absolute Gasteiger partial charge is 0.394 e. The second kappa shape index (κ2) is 6.07. The van der Waals surface area contributed by atoms with Crippen LogP contribution < -0.4 is 5.32 Å². The number of aliphatic hydroxyl groups is 1. The number of benzene rings is 1. The molecule has 1 aromatic carbocycles. The molecule has 1 amide bonds. The quantitative estimate of drug-likeness (QED) is 0.857. The Hall–Kier alpha value is -1.00. The molecule has 1 heterocycles. The number of hydrogen-bond donors (Lipinski definition) is 2. The predicted molar refractivity (Wildman–Crippen MR) is 69.9 cm³/mol. The zero-order valence-corrected chi connectivity index (χ0v) is 10.5. The van der Waals surface area contributed by atoms with Gasteiger partial charge in [-0.15, -0.1) is 11.8 Å².